The van der Waals surface area contributed by atoms with Gasteiger partial charge in [-0.05, 0) is 118 Å². The van der Waals surface area contributed by atoms with Gasteiger partial charge in [0, 0.05) is 5.92 Å². The van der Waals surface area contributed by atoms with Crippen molar-refractivity contribution < 1.29 is 14.6 Å². The van der Waals surface area contributed by atoms with Crippen LogP contribution in [0.15, 0.2) is 72.8 Å². The van der Waals surface area contributed by atoms with Crippen LogP contribution in [0.5, 0.6) is 5.75 Å². The summed E-state index contributed by atoms with van der Waals surface area (Å²) < 4.78 is 5.87. The third kappa shape index (κ3) is 8.49. The smallest absolute Gasteiger partial charge is 0.312 e. The summed E-state index contributed by atoms with van der Waals surface area (Å²) in [4.78, 5) is 12.3. The molecule has 42 heavy (non-hydrogen) atoms. The molecule has 0 fully saturated rings. The van der Waals surface area contributed by atoms with Crippen LogP contribution in [0.3, 0.4) is 0 Å². The minimum absolute atomic E-state index is 0.0824. The monoisotopic (exact) mass is 570 g/mol. The fourth-order valence-corrected chi connectivity index (χ4v) is 5.69. The normalized spacial score (nSPS) is 18.5. The van der Waals surface area contributed by atoms with Crippen molar-refractivity contribution >= 4 is 5.97 Å². The van der Waals surface area contributed by atoms with Crippen LogP contribution in [-0.2, 0) is 28.8 Å². The van der Waals surface area contributed by atoms with Crippen LogP contribution in [0.25, 0.3) is 0 Å². The highest BCUT2D eigenvalue weighted by molar-refractivity contribution is 5.76. The number of ether oxygens (including phenoxy) is 1. The number of hydrogen-bond donors (Lipinski definition) is 1. The fourth-order valence-electron chi connectivity index (χ4n) is 5.69. The van der Waals surface area contributed by atoms with E-state index in [0.717, 1.165) is 37.5 Å². The van der Waals surface area contributed by atoms with Gasteiger partial charge in [0.15, 0.2) is 0 Å². The van der Waals surface area contributed by atoms with Crippen LogP contribution >= 0.6 is 0 Å². The lowest BCUT2D eigenvalue weighted by molar-refractivity contribution is -0.172. The lowest BCUT2D eigenvalue weighted by atomic mass is 9.86. The molecule has 3 unspecified atom stereocenters. The summed E-state index contributed by atoms with van der Waals surface area (Å²) in [6, 6.07) is 24.8. The van der Waals surface area contributed by atoms with Crippen molar-refractivity contribution in [3.63, 3.8) is 0 Å². The molecule has 0 saturated carbocycles. The number of esters is 1. The SMILES string of the molecule is CC1Cc2ccccc2C1C.CCC(C)(C)C(=O)OC(C)(C)C1Cc2ccccc2C1.CCC(C)c1ccc(O)cc1. The second-order valence-corrected chi connectivity index (χ2v) is 13.7. The predicted molar refractivity (Wildman–Crippen MR) is 176 cm³/mol. The zero-order chi connectivity index (χ0) is 31.1. The highest BCUT2D eigenvalue weighted by atomic mass is 16.6. The van der Waals surface area contributed by atoms with Gasteiger partial charge in [0.25, 0.3) is 0 Å². The molecule has 2 aliphatic carbocycles. The molecule has 3 aromatic carbocycles. The molecular weight excluding hydrogens is 516 g/mol. The van der Waals surface area contributed by atoms with Crippen molar-refractivity contribution in [3.8, 4) is 5.75 Å². The second-order valence-electron chi connectivity index (χ2n) is 13.7. The number of rotatable bonds is 6. The van der Waals surface area contributed by atoms with Gasteiger partial charge < -0.3 is 9.84 Å². The summed E-state index contributed by atoms with van der Waals surface area (Å²) in [6.07, 6.45) is 5.22. The average molecular weight is 571 g/mol. The molecule has 3 aromatic rings. The van der Waals surface area contributed by atoms with Crippen LogP contribution in [-0.4, -0.2) is 16.7 Å². The summed E-state index contributed by atoms with van der Waals surface area (Å²) in [6.45, 7) is 19.1. The third-order valence-corrected chi connectivity index (χ3v) is 9.84. The van der Waals surface area contributed by atoms with E-state index in [-0.39, 0.29) is 5.97 Å². The number of fused-ring (bicyclic) bond motifs is 2. The predicted octanol–water partition coefficient (Wildman–Crippen LogP) is 10.0. The summed E-state index contributed by atoms with van der Waals surface area (Å²) in [5, 5.41) is 9.01. The van der Waals surface area contributed by atoms with Gasteiger partial charge in [-0.25, -0.2) is 0 Å². The lowest BCUT2D eigenvalue weighted by Crippen LogP contribution is -2.41. The average Bonchev–Trinajstić information content (AvgIpc) is 3.55. The number of hydrogen-bond acceptors (Lipinski definition) is 3. The zero-order valence-electron chi connectivity index (χ0n) is 27.5. The molecule has 3 nitrogen and oxygen atoms in total. The standard InChI is InChI=1S/C18H26O2.C11H14.C10H14O/c1-6-17(2,3)16(19)20-18(4,5)15-11-13-9-7-8-10-14(13)12-15;1-8-7-10-5-3-4-6-11(10)9(8)2;1-3-8(2)9-4-6-10(11)7-5-9/h7-10,15H,6,11-12H2,1-5H3;3-6,8-9H,7H2,1-2H3;4-8,11H,3H2,1-2H3. The Morgan fingerprint density at radius 3 is 1.86 bits per heavy atom. The van der Waals surface area contributed by atoms with Gasteiger partial charge in [-0.1, -0.05) is 95.3 Å². The molecule has 3 heteroatoms. The number of phenols is 1. The largest absolute Gasteiger partial charge is 0.508 e. The molecule has 0 heterocycles. The second kappa shape index (κ2) is 14.4. The van der Waals surface area contributed by atoms with E-state index in [0.29, 0.717) is 17.6 Å². The van der Waals surface area contributed by atoms with Crippen LogP contribution in [0.1, 0.15) is 115 Å². The van der Waals surface area contributed by atoms with Crippen molar-refractivity contribution in [2.24, 2.45) is 17.3 Å². The summed E-state index contributed by atoms with van der Waals surface area (Å²) in [7, 11) is 0. The maximum atomic E-state index is 12.3. The molecule has 3 atom stereocenters. The van der Waals surface area contributed by atoms with Gasteiger partial charge in [-0.2, -0.15) is 0 Å². The molecule has 0 bridgehead atoms. The van der Waals surface area contributed by atoms with E-state index in [4.69, 9.17) is 9.84 Å². The van der Waals surface area contributed by atoms with E-state index in [1.165, 1.54) is 23.1 Å². The van der Waals surface area contributed by atoms with Gasteiger partial charge in [0.2, 0.25) is 0 Å². The number of aromatic hydroxyl groups is 1. The lowest BCUT2D eigenvalue weighted by Gasteiger charge is -2.34. The first kappa shape index (κ1) is 33.4. The van der Waals surface area contributed by atoms with Gasteiger partial charge in [0.1, 0.15) is 11.4 Å². The number of phenolic OH excluding ortho intramolecular Hbond substituents is 1. The molecular formula is C39H54O3. The van der Waals surface area contributed by atoms with Crippen LogP contribution in [0.4, 0.5) is 0 Å². The first-order valence-electron chi connectivity index (χ1n) is 16.0. The molecule has 0 aliphatic heterocycles. The van der Waals surface area contributed by atoms with Crippen molar-refractivity contribution in [2.75, 3.05) is 0 Å². The van der Waals surface area contributed by atoms with Crippen molar-refractivity contribution in [2.45, 2.75) is 112 Å². The quantitative estimate of drug-likeness (QED) is 0.300. The van der Waals surface area contributed by atoms with E-state index in [9.17, 15) is 4.79 Å². The van der Waals surface area contributed by atoms with Crippen LogP contribution in [0.2, 0.25) is 0 Å². The summed E-state index contributed by atoms with van der Waals surface area (Å²) >= 11 is 0. The van der Waals surface area contributed by atoms with E-state index >= 15 is 0 Å². The molecule has 0 spiro atoms. The molecule has 5 rings (SSSR count). The van der Waals surface area contributed by atoms with Gasteiger partial charge >= 0.3 is 5.97 Å². The number of carbonyl (C=O) groups is 1. The Morgan fingerprint density at radius 1 is 0.833 bits per heavy atom. The molecule has 0 amide bonds. The Labute approximate surface area is 255 Å². The zero-order valence-corrected chi connectivity index (χ0v) is 27.5. The highest BCUT2D eigenvalue weighted by Gasteiger charge is 2.40. The molecule has 0 aromatic heterocycles. The maximum Gasteiger partial charge on any atom is 0.312 e. The van der Waals surface area contributed by atoms with E-state index < -0.39 is 11.0 Å². The number of benzene rings is 3. The molecule has 2 aliphatic rings. The van der Waals surface area contributed by atoms with Crippen molar-refractivity contribution in [1.29, 1.82) is 0 Å². The third-order valence-electron chi connectivity index (χ3n) is 9.84. The summed E-state index contributed by atoms with van der Waals surface area (Å²) in [5.74, 6) is 2.84. The first-order chi connectivity index (χ1) is 19.8. The van der Waals surface area contributed by atoms with E-state index in [1.807, 2.05) is 46.8 Å². The number of carbonyl (C=O) groups excluding carboxylic acids is 1. The highest BCUT2D eigenvalue weighted by Crippen LogP contribution is 2.38. The molecule has 1 N–H and O–H groups in total. The van der Waals surface area contributed by atoms with E-state index in [1.54, 1.807) is 23.3 Å². The van der Waals surface area contributed by atoms with Crippen LogP contribution < -0.4 is 0 Å². The first-order valence-corrected chi connectivity index (χ1v) is 16.0. The minimum atomic E-state index is -0.414. The topological polar surface area (TPSA) is 46.5 Å². The Balaban J connectivity index is 0.000000187. The molecule has 0 saturated heterocycles. The van der Waals surface area contributed by atoms with Crippen molar-refractivity contribution in [3.05, 3.63) is 101 Å². The summed E-state index contributed by atoms with van der Waals surface area (Å²) in [5.41, 5.74) is 6.41. The van der Waals surface area contributed by atoms with Gasteiger partial charge in [0.05, 0.1) is 5.41 Å². The Kier molecular flexibility index (Phi) is 11.5. The molecule has 228 valence electrons. The van der Waals surface area contributed by atoms with Gasteiger partial charge in [-0.15, -0.1) is 0 Å². The van der Waals surface area contributed by atoms with Crippen molar-refractivity contribution in [1.82, 2.24) is 0 Å². The molecule has 0 radical (unpaired) electrons. The van der Waals surface area contributed by atoms with E-state index in [2.05, 4.69) is 76.2 Å². The van der Waals surface area contributed by atoms with Gasteiger partial charge in [-0.3, -0.25) is 4.79 Å². The Hall–Kier alpha value is -3.07. The maximum absolute atomic E-state index is 12.3. The fraction of sp³-hybridized carbons (Fsp3) is 0.513. The Morgan fingerprint density at radius 2 is 1.36 bits per heavy atom. The Bertz CT molecular complexity index is 1260. The van der Waals surface area contributed by atoms with Crippen LogP contribution in [0, 0.1) is 17.3 Å². The minimum Gasteiger partial charge on any atom is -0.508 e.